The summed E-state index contributed by atoms with van der Waals surface area (Å²) in [5.74, 6) is 2.71. The van der Waals surface area contributed by atoms with Crippen molar-refractivity contribution in [3.63, 3.8) is 0 Å². The molecule has 1 saturated carbocycles. The Hall–Kier alpha value is -1.84. The summed E-state index contributed by atoms with van der Waals surface area (Å²) >= 11 is 0. The van der Waals surface area contributed by atoms with E-state index in [0.717, 1.165) is 29.8 Å². The number of hydrogen-bond acceptors (Lipinski definition) is 3. The molecule has 2 heterocycles. The first-order valence-electron chi connectivity index (χ1n) is 8.04. The fourth-order valence-electron chi connectivity index (χ4n) is 3.15. The third kappa shape index (κ3) is 3.43. The summed E-state index contributed by atoms with van der Waals surface area (Å²) in [7, 11) is 0. The number of aromatic nitrogens is 3. The highest BCUT2D eigenvalue weighted by atomic mass is 15.1. The summed E-state index contributed by atoms with van der Waals surface area (Å²) < 4.78 is 2.04. The molecule has 0 radical (unpaired) electrons. The quantitative estimate of drug-likeness (QED) is 0.864. The van der Waals surface area contributed by atoms with E-state index in [9.17, 15) is 0 Å². The van der Waals surface area contributed by atoms with Gasteiger partial charge in [-0.1, -0.05) is 25.7 Å². The van der Waals surface area contributed by atoms with Crippen LogP contribution in [0.3, 0.4) is 0 Å². The molecule has 0 aliphatic heterocycles. The third-order valence-corrected chi connectivity index (χ3v) is 4.40. The van der Waals surface area contributed by atoms with E-state index >= 15 is 0 Å². The van der Waals surface area contributed by atoms with Gasteiger partial charge in [-0.05, 0) is 37.8 Å². The zero-order chi connectivity index (χ0) is 14.5. The highest BCUT2D eigenvalue weighted by Crippen LogP contribution is 2.24. The molecule has 1 aliphatic rings. The smallest absolute Gasteiger partial charge is 0.161 e. The molecule has 0 atom stereocenters. The Bertz CT molecular complexity index is 568. The Morgan fingerprint density at radius 1 is 1.14 bits per heavy atom. The van der Waals surface area contributed by atoms with Gasteiger partial charge >= 0.3 is 0 Å². The zero-order valence-corrected chi connectivity index (χ0v) is 12.8. The minimum Gasteiger partial charge on any atom is -0.382 e. The Labute approximate surface area is 126 Å². The van der Waals surface area contributed by atoms with Crippen molar-refractivity contribution in [3.05, 3.63) is 36.5 Å². The molecule has 1 fully saturated rings. The highest BCUT2D eigenvalue weighted by Gasteiger charge is 2.13. The van der Waals surface area contributed by atoms with Gasteiger partial charge in [0.1, 0.15) is 5.82 Å². The van der Waals surface area contributed by atoms with Gasteiger partial charge < -0.3 is 5.32 Å². The van der Waals surface area contributed by atoms with Gasteiger partial charge in [0, 0.05) is 25.1 Å². The number of nitrogens with one attached hydrogen (secondary N) is 1. The molecular weight excluding hydrogens is 260 g/mol. The van der Waals surface area contributed by atoms with Crippen LogP contribution in [0.15, 0.2) is 30.7 Å². The minimum atomic E-state index is 0.796. The lowest BCUT2D eigenvalue weighted by Crippen LogP contribution is -2.15. The van der Waals surface area contributed by atoms with E-state index in [1.165, 1.54) is 38.5 Å². The SMILES string of the molecule is Cc1nccn1-c1ncccc1NCC1CCCCCC1. The van der Waals surface area contributed by atoms with Crippen LogP contribution in [0.25, 0.3) is 5.82 Å². The molecule has 2 aromatic rings. The van der Waals surface area contributed by atoms with E-state index in [-0.39, 0.29) is 0 Å². The molecule has 0 amide bonds. The molecule has 0 aromatic carbocycles. The normalized spacial score (nSPS) is 16.6. The first kappa shape index (κ1) is 14.1. The molecule has 1 aliphatic carbocycles. The number of anilines is 1. The maximum absolute atomic E-state index is 4.52. The standard InChI is InChI=1S/C17H24N4/c1-14-18-11-12-21(14)17-16(9-6-10-19-17)20-13-15-7-4-2-3-5-8-15/h6,9-12,15,20H,2-5,7-8,13H2,1H3. The van der Waals surface area contributed by atoms with Crippen LogP contribution in [0.4, 0.5) is 5.69 Å². The van der Waals surface area contributed by atoms with Crippen molar-refractivity contribution < 1.29 is 0 Å². The molecule has 4 nitrogen and oxygen atoms in total. The van der Waals surface area contributed by atoms with Crippen molar-refractivity contribution in [2.75, 3.05) is 11.9 Å². The Balaban J connectivity index is 1.72. The molecule has 0 saturated heterocycles. The van der Waals surface area contributed by atoms with Crippen LogP contribution < -0.4 is 5.32 Å². The second-order valence-electron chi connectivity index (χ2n) is 5.96. The largest absolute Gasteiger partial charge is 0.382 e. The summed E-state index contributed by atoms with van der Waals surface area (Å²) in [5, 5.41) is 3.62. The molecule has 112 valence electrons. The van der Waals surface area contributed by atoms with E-state index < -0.39 is 0 Å². The number of aryl methyl sites for hydroxylation is 1. The summed E-state index contributed by atoms with van der Waals surface area (Å²) in [5.41, 5.74) is 1.10. The van der Waals surface area contributed by atoms with Gasteiger partial charge in [-0.15, -0.1) is 0 Å². The van der Waals surface area contributed by atoms with Gasteiger partial charge in [-0.3, -0.25) is 4.57 Å². The second kappa shape index (κ2) is 6.74. The molecule has 0 bridgehead atoms. The molecule has 2 aromatic heterocycles. The number of pyridine rings is 1. The predicted octanol–water partition coefficient (Wildman–Crippen LogP) is 3.96. The summed E-state index contributed by atoms with van der Waals surface area (Å²) in [4.78, 5) is 8.82. The van der Waals surface area contributed by atoms with Crippen LogP contribution in [-0.2, 0) is 0 Å². The lowest BCUT2D eigenvalue weighted by Gasteiger charge is -2.17. The maximum Gasteiger partial charge on any atom is 0.161 e. The predicted molar refractivity (Wildman–Crippen MR) is 85.8 cm³/mol. The average Bonchev–Trinajstić information content (AvgIpc) is 2.77. The number of rotatable bonds is 4. The molecule has 3 rings (SSSR count). The van der Waals surface area contributed by atoms with Gasteiger partial charge in [0.05, 0.1) is 5.69 Å². The summed E-state index contributed by atoms with van der Waals surface area (Å²) in [6.07, 6.45) is 13.9. The topological polar surface area (TPSA) is 42.7 Å². The van der Waals surface area contributed by atoms with Crippen molar-refractivity contribution >= 4 is 5.69 Å². The fraction of sp³-hybridized carbons (Fsp3) is 0.529. The van der Waals surface area contributed by atoms with Crippen molar-refractivity contribution in [1.29, 1.82) is 0 Å². The summed E-state index contributed by atoms with van der Waals surface area (Å²) in [6.45, 7) is 3.05. The minimum absolute atomic E-state index is 0.796. The van der Waals surface area contributed by atoms with E-state index in [2.05, 4.69) is 21.4 Å². The fourth-order valence-corrected chi connectivity index (χ4v) is 3.15. The van der Waals surface area contributed by atoms with Crippen LogP contribution in [0.2, 0.25) is 0 Å². The lowest BCUT2D eigenvalue weighted by atomic mass is 10.0. The van der Waals surface area contributed by atoms with Gasteiger partial charge in [-0.25, -0.2) is 9.97 Å². The lowest BCUT2D eigenvalue weighted by molar-refractivity contribution is 0.483. The average molecular weight is 284 g/mol. The monoisotopic (exact) mass is 284 g/mol. The first-order chi connectivity index (χ1) is 10.3. The molecular formula is C17H24N4. The van der Waals surface area contributed by atoms with Gasteiger partial charge in [0.25, 0.3) is 0 Å². The zero-order valence-electron chi connectivity index (χ0n) is 12.8. The number of hydrogen-bond donors (Lipinski definition) is 1. The first-order valence-corrected chi connectivity index (χ1v) is 8.04. The van der Waals surface area contributed by atoms with Crippen molar-refractivity contribution in [1.82, 2.24) is 14.5 Å². The maximum atomic E-state index is 4.52. The van der Waals surface area contributed by atoms with Gasteiger partial charge in [-0.2, -0.15) is 0 Å². The Kier molecular flexibility index (Phi) is 4.53. The van der Waals surface area contributed by atoms with Crippen molar-refractivity contribution in [2.45, 2.75) is 45.4 Å². The Morgan fingerprint density at radius 3 is 2.67 bits per heavy atom. The van der Waals surface area contributed by atoms with E-state index in [0.29, 0.717) is 0 Å². The molecule has 21 heavy (non-hydrogen) atoms. The molecule has 1 N–H and O–H groups in total. The van der Waals surface area contributed by atoms with Crippen molar-refractivity contribution in [3.8, 4) is 5.82 Å². The summed E-state index contributed by atoms with van der Waals surface area (Å²) in [6, 6.07) is 4.10. The van der Waals surface area contributed by atoms with E-state index in [1.807, 2.05) is 36.1 Å². The van der Waals surface area contributed by atoms with E-state index in [4.69, 9.17) is 0 Å². The van der Waals surface area contributed by atoms with E-state index in [1.54, 1.807) is 0 Å². The van der Waals surface area contributed by atoms with Crippen molar-refractivity contribution in [2.24, 2.45) is 5.92 Å². The van der Waals surface area contributed by atoms with Crippen LogP contribution in [0.5, 0.6) is 0 Å². The van der Waals surface area contributed by atoms with Gasteiger partial charge in [0.15, 0.2) is 5.82 Å². The number of imidazole rings is 1. The Morgan fingerprint density at radius 2 is 1.95 bits per heavy atom. The van der Waals surface area contributed by atoms with Crippen LogP contribution in [-0.4, -0.2) is 21.1 Å². The third-order valence-electron chi connectivity index (χ3n) is 4.40. The molecule has 4 heteroatoms. The second-order valence-corrected chi connectivity index (χ2v) is 5.96. The van der Waals surface area contributed by atoms with Crippen LogP contribution >= 0.6 is 0 Å². The number of nitrogens with zero attached hydrogens (tertiary/aromatic N) is 3. The molecule has 0 unspecified atom stereocenters. The van der Waals surface area contributed by atoms with Gasteiger partial charge in [0.2, 0.25) is 0 Å². The van der Waals surface area contributed by atoms with Crippen LogP contribution in [0, 0.1) is 12.8 Å². The highest BCUT2D eigenvalue weighted by molar-refractivity contribution is 5.57. The van der Waals surface area contributed by atoms with Crippen LogP contribution in [0.1, 0.15) is 44.3 Å². The molecule has 0 spiro atoms.